The fraction of sp³-hybridized carbons (Fsp3) is 0.250. The Morgan fingerprint density at radius 1 is 1.31 bits per heavy atom. The number of fused-ring (bicyclic) bond motifs is 1. The van der Waals surface area contributed by atoms with Crippen LogP contribution in [0, 0.1) is 0 Å². The molecule has 0 amide bonds. The van der Waals surface area contributed by atoms with Crippen molar-refractivity contribution in [3.05, 3.63) is 35.5 Å². The van der Waals surface area contributed by atoms with E-state index in [2.05, 4.69) is 10.3 Å². The molecule has 4 heteroatoms. The summed E-state index contributed by atoms with van der Waals surface area (Å²) in [5.41, 5.74) is 0.835. The normalized spacial score (nSPS) is 16.1. The number of hydrogen-bond acceptors (Lipinski definition) is 3. The van der Waals surface area contributed by atoms with Crippen LogP contribution in [0.4, 0.5) is 0 Å². The molecule has 0 saturated carbocycles. The number of pyridine rings is 1. The summed E-state index contributed by atoms with van der Waals surface area (Å²) >= 11 is 6.11. The molecule has 16 heavy (non-hydrogen) atoms. The molecule has 3 nitrogen and oxygen atoms in total. The summed E-state index contributed by atoms with van der Waals surface area (Å²) in [6.07, 6.45) is 2.01. The first-order chi connectivity index (χ1) is 7.84. The van der Waals surface area contributed by atoms with Gasteiger partial charge in [-0.3, -0.25) is 4.98 Å². The second-order valence-electron chi connectivity index (χ2n) is 3.84. The molecule has 3 rings (SSSR count). The van der Waals surface area contributed by atoms with Gasteiger partial charge in [0.25, 0.3) is 0 Å². The first-order valence-corrected chi connectivity index (χ1v) is 5.63. The van der Waals surface area contributed by atoms with Gasteiger partial charge in [0.2, 0.25) is 0 Å². The number of aromatic nitrogens is 1. The van der Waals surface area contributed by atoms with Gasteiger partial charge in [0.15, 0.2) is 0 Å². The van der Waals surface area contributed by atoms with Crippen molar-refractivity contribution in [1.29, 1.82) is 0 Å². The van der Waals surface area contributed by atoms with E-state index in [1.807, 2.05) is 24.3 Å². The second-order valence-corrected chi connectivity index (χ2v) is 4.25. The lowest BCUT2D eigenvalue weighted by Gasteiger charge is -2.28. The fourth-order valence-electron chi connectivity index (χ4n) is 1.73. The van der Waals surface area contributed by atoms with Crippen molar-refractivity contribution >= 4 is 22.5 Å². The van der Waals surface area contributed by atoms with E-state index in [0.29, 0.717) is 5.02 Å². The summed E-state index contributed by atoms with van der Waals surface area (Å²) in [6, 6.07) is 7.57. The van der Waals surface area contributed by atoms with Gasteiger partial charge in [-0.2, -0.15) is 0 Å². The summed E-state index contributed by atoms with van der Waals surface area (Å²) in [6.45, 7) is 1.80. The molecule has 82 valence electrons. The average Bonchev–Trinajstić information content (AvgIpc) is 2.26. The first kappa shape index (κ1) is 9.87. The van der Waals surface area contributed by atoms with Crippen molar-refractivity contribution in [3.63, 3.8) is 0 Å². The number of halogens is 1. The predicted octanol–water partition coefficient (Wildman–Crippen LogP) is 2.24. The second kappa shape index (κ2) is 3.92. The molecule has 1 N–H and O–H groups in total. The third-order valence-corrected chi connectivity index (χ3v) is 3.05. The van der Waals surface area contributed by atoms with E-state index >= 15 is 0 Å². The zero-order valence-electron chi connectivity index (χ0n) is 8.61. The number of benzene rings is 1. The van der Waals surface area contributed by atoms with Crippen LogP contribution in [0.1, 0.15) is 0 Å². The van der Waals surface area contributed by atoms with E-state index < -0.39 is 0 Å². The molecule has 0 radical (unpaired) electrons. The largest absolute Gasteiger partial charge is 0.485 e. The van der Waals surface area contributed by atoms with E-state index in [9.17, 15) is 0 Å². The number of hydrogen-bond donors (Lipinski definition) is 1. The Balaban J connectivity index is 2.06. The van der Waals surface area contributed by atoms with Gasteiger partial charge in [-0.1, -0.05) is 11.6 Å². The van der Waals surface area contributed by atoms with Gasteiger partial charge < -0.3 is 10.1 Å². The average molecular weight is 235 g/mol. The zero-order chi connectivity index (χ0) is 11.0. The van der Waals surface area contributed by atoms with Crippen LogP contribution in [0.25, 0.3) is 10.9 Å². The first-order valence-electron chi connectivity index (χ1n) is 5.25. The molecule has 1 aromatic heterocycles. The molecule has 0 bridgehead atoms. The molecular formula is C12H11ClN2O. The zero-order valence-corrected chi connectivity index (χ0v) is 9.37. The number of ether oxygens (including phenoxy) is 1. The molecule has 1 saturated heterocycles. The van der Waals surface area contributed by atoms with Crippen LogP contribution < -0.4 is 10.1 Å². The van der Waals surface area contributed by atoms with Crippen LogP contribution in [-0.4, -0.2) is 24.2 Å². The maximum absolute atomic E-state index is 6.11. The highest BCUT2D eigenvalue weighted by Gasteiger charge is 2.19. The molecule has 2 aromatic rings. The van der Waals surface area contributed by atoms with Crippen molar-refractivity contribution in [2.24, 2.45) is 0 Å². The lowest BCUT2D eigenvalue weighted by Crippen LogP contribution is -2.50. The molecule has 2 heterocycles. The van der Waals surface area contributed by atoms with Crippen molar-refractivity contribution in [1.82, 2.24) is 10.3 Å². The molecule has 0 spiro atoms. The van der Waals surface area contributed by atoms with Crippen molar-refractivity contribution in [2.75, 3.05) is 13.1 Å². The standard InChI is InChI=1S/C12H11ClN2O/c13-10-3-4-11(16-8-6-14-7-8)12-9(10)2-1-5-15-12/h1-5,8,14H,6-7H2. The van der Waals surface area contributed by atoms with E-state index in [4.69, 9.17) is 16.3 Å². The van der Waals surface area contributed by atoms with Crippen LogP contribution in [-0.2, 0) is 0 Å². The SMILES string of the molecule is Clc1ccc(OC2CNC2)c2ncccc12. The molecule has 0 aliphatic carbocycles. The summed E-state index contributed by atoms with van der Waals surface area (Å²) in [5, 5.41) is 4.82. The van der Waals surface area contributed by atoms with E-state index in [1.54, 1.807) is 6.20 Å². The molecule has 0 atom stereocenters. The van der Waals surface area contributed by atoms with Crippen molar-refractivity contribution < 1.29 is 4.74 Å². The van der Waals surface area contributed by atoms with Gasteiger partial charge in [0, 0.05) is 24.7 Å². The topological polar surface area (TPSA) is 34.1 Å². The highest BCUT2D eigenvalue weighted by molar-refractivity contribution is 6.35. The molecule has 1 fully saturated rings. The van der Waals surface area contributed by atoms with Gasteiger partial charge >= 0.3 is 0 Å². The monoisotopic (exact) mass is 234 g/mol. The minimum atomic E-state index is 0.256. The number of nitrogens with one attached hydrogen (secondary N) is 1. The molecule has 1 aliphatic heterocycles. The minimum Gasteiger partial charge on any atom is -0.485 e. The lowest BCUT2D eigenvalue weighted by molar-refractivity contribution is 0.144. The summed E-state index contributed by atoms with van der Waals surface area (Å²) in [4.78, 5) is 4.32. The van der Waals surface area contributed by atoms with Crippen molar-refractivity contribution in [3.8, 4) is 5.75 Å². The van der Waals surface area contributed by atoms with Crippen LogP contribution in [0.3, 0.4) is 0 Å². The van der Waals surface area contributed by atoms with E-state index in [1.165, 1.54) is 0 Å². The minimum absolute atomic E-state index is 0.256. The van der Waals surface area contributed by atoms with Crippen LogP contribution in [0.2, 0.25) is 5.02 Å². The molecule has 1 aliphatic rings. The van der Waals surface area contributed by atoms with Gasteiger partial charge in [-0.05, 0) is 24.3 Å². The number of nitrogens with zero attached hydrogens (tertiary/aromatic N) is 1. The Labute approximate surface area is 98.4 Å². The Morgan fingerprint density at radius 3 is 2.94 bits per heavy atom. The van der Waals surface area contributed by atoms with Crippen LogP contribution in [0.15, 0.2) is 30.5 Å². The fourth-order valence-corrected chi connectivity index (χ4v) is 1.95. The molecule has 1 aromatic carbocycles. The van der Waals surface area contributed by atoms with Crippen molar-refractivity contribution in [2.45, 2.75) is 6.10 Å². The highest BCUT2D eigenvalue weighted by Crippen LogP contribution is 2.30. The molecule has 0 unspecified atom stereocenters. The summed E-state index contributed by atoms with van der Waals surface area (Å²) in [7, 11) is 0. The Kier molecular flexibility index (Phi) is 2.42. The summed E-state index contributed by atoms with van der Waals surface area (Å²) < 4.78 is 5.83. The maximum atomic E-state index is 6.11. The Hall–Kier alpha value is -1.32. The highest BCUT2D eigenvalue weighted by atomic mass is 35.5. The quantitative estimate of drug-likeness (QED) is 0.866. The van der Waals surface area contributed by atoms with Crippen LogP contribution in [0.5, 0.6) is 5.75 Å². The van der Waals surface area contributed by atoms with Gasteiger partial charge in [-0.15, -0.1) is 0 Å². The smallest absolute Gasteiger partial charge is 0.146 e. The van der Waals surface area contributed by atoms with Crippen LogP contribution >= 0.6 is 11.6 Å². The Morgan fingerprint density at radius 2 is 2.19 bits per heavy atom. The third-order valence-electron chi connectivity index (χ3n) is 2.72. The van der Waals surface area contributed by atoms with Gasteiger partial charge in [0.05, 0.1) is 5.02 Å². The van der Waals surface area contributed by atoms with E-state index in [0.717, 1.165) is 29.7 Å². The third kappa shape index (κ3) is 1.62. The van der Waals surface area contributed by atoms with E-state index in [-0.39, 0.29) is 6.10 Å². The number of rotatable bonds is 2. The predicted molar refractivity (Wildman–Crippen MR) is 64.0 cm³/mol. The lowest BCUT2D eigenvalue weighted by atomic mass is 10.2. The molecular weight excluding hydrogens is 224 g/mol. The summed E-state index contributed by atoms with van der Waals surface area (Å²) in [5.74, 6) is 0.812. The maximum Gasteiger partial charge on any atom is 0.146 e. The van der Waals surface area contributed by atoms with Gasteiger partial charge in [-0.25, -0.2) is 0 Å². The Bertz CT molecular complexity index is 525. The van der Waals surface area contributed by atoms with Gasteiger partial charge in [0.1, 0.15) is 17.4 Å².